The predicted molar refractivity (Wildman–Crippen MR) is 58.7 cm³/mol. The van der Waals surface area contributed by atoms with Gasteiger partial charge in [0.15, 0.2) is 0 Å². The van der Waals surface area contributed by atoms with Crippen LogP contribution < -0.4 is 5.32 Å². The predicted octanol–water partition coefficient (Wildman–Crippen LogP) is 0.0942. The van der Waals surface area contributed by atoms with E-state index in [-0.39, 0.29) is 37.0 Å². The molecule has 90 valence electrons. The van der Waals surface area contributed by atoms with Gasteiger partial charge in [0.25, 0.3) is 0 Å². The lowest BCUT2D eigenvalue weighted by Crippen LogP contribution is -2.38. The van der Waals surface area contributed by atoms with Crippen LogP contribution >= 0.6 is 0 Å². The zero-order valence-corrected chi connectivity index (χ0v) is 9.62. The highest BCUT2D eigenvalue weighted by Crippen LogP contribution is 2.06. The minimum Gasteiger partial charge on any atom is -0.347 e. The Hall–Kier alpha value is -1.39. The molecule has 5 nitrogen and oxygen atoms in total. The summed E-state index contributed by atoms with van der Waals surface area (Å²) < 4.78 is 0. The van der Waals surface area contributed by atoms with E-state index in [2.05, 4.69) is 5.32 Å². The highest BCUT2D eigenvalue weighted by molar-refractivity contribution is 5.87. The molecule has 1 saturated heterocycles. The average molecular weight is 226 g/mol. The van der Waals surface area contributed by atoms with Gasteiger partial charge in [0.2, 0.25) is 11.8 Å². The van der Waals surface area contributed by atoms with Crippen LogP contribution in [0.2, 0.25) is 0 Å². The summed E-state index contributed by atoms with van der Waals surface area (Å²) in [5, 5.41) is 2.53. The third-order valence-corrected chi connectivity index (χ3v) is 2.60. The van der Waals surface area contributed by atoms with Gasteiger partial charge in [-0.05, 0) is 19.8 Å². The Kier molecular flexibility index (Phi) is 4.95. The lowest BCUT2D eigenvalue weighted by atomic mass is 10.2. The number of nitrogens with one attached hydrogen (secondary N) is 1. The van der Waals surface area contributed by atoms with E-state index in [1.54, 1.807) is 4.90 Å². The molecule has 0 aromatic heterocycles. The van der Waals surface area contributed by atoms with Gasteiger partial charge in [-0.15, -0.1) is 0 Å². The first-order chi connectivity index (χ1) is 7.59. The molecule has 0 radical (unpaired) electrons. The summed E-state index contributed by atoms with van der Waals surface area (Å²) in [6.07, 6.45) is 2.50. The maximum absolute atomic E-state index is 11.5. The summed E-state index contributed by atoms with van der Waals surface area (Å²) in [6.45, 7) is 3.09. The minimum atomic E-state index is -0.234. The van der Waals surface area contributed by atoms with Crippen molar-refractivity contribution in [2.24, 2.45) is 0 Å². The maximum Gasteiger partial charge on any atom is 0.241 e. The van der Waals surface area contributed by atoms with Crippen molar-refractivity contribution in [1.29, 1.82) is 0 Å². The zero-order chi connectivity index (χ0) is 12.0. The minimum absolute atomic E-state index is 0.0129. The first-order valence-electron chi connectivity index (χ1n) is 5.63. The molecule has 2 amide bonds. The van der Waals surface area contributed by atoms with Crippen molar-refractivity contribution in [3.8, 4) is 0 Å². The van der Waals surface area contributed by atoms with E-state index in [0.29, 0.717) is 0 Å². The highest BCUT2D eigenvalue weighted by Gasteiger charge is 2.17. The highest BCUT2D eigenvalue weighted by atomic mass is 16.2. The molecule has 0 spiro atoms. The Morgan fingerprint density at radius 1 is 1.12 bits per heavy atom. The van der Waals surface area contributed by atoms with Crippen LogP contribution in [-0.4, -0.2) is 42.1 Å². The van der Waals surface area contributed by atoms with Gasteiger partial charge in [0, 0.05) is 25.9 Å². The Balaban J connectivity index is 2.15. The number of likely N-dealkylation sites (tertiary alicyclic amines) is 1. The van der Waals surface area contributed by atoms with E-state index in [4.69, 9.17) is 0 Å². The van der Waals surface area contributed by atoms with Crippen LogP contribution in [0.1, 0.15) is 32.6 Å². The van der Waals surface area contributed by atoms with Crippen molar-refractivity contribution in [3.05, 3.63) is 0 Å². The topological polar surface area (TPSA) is 66.5 Å². The van der Waals surface area contributed by atoms with E-state index in [1.807, 2.05) is 0 Å². The van der Waals surface area contributed by atoms with Crippen LogP contribution in [0, 0.1) is 0 Å². The van der Waals surface area contributed by atoms with Crippen LogP contribution in [0.5, 0.6) is 0 Å². The lowest BCUT2D eigenvalue weighted by molar-refractivity contribution is -0.132. The molecule has 16 heavy (non-hydrogen) atoms. The molecule has 0 bridgehead atoms. The normalized spacial score (nSPS) is 14.9. The molecule has 1 aliphatic heterocycles. The molecule has 0 unspecified atom stereocenters. The fourth-order valence-electron chi connectivity index (χ4n) is 1.63. The molecule has 0 aliphatic carbocycles. The third-order valence-electron chi connectivity index (χ3n) is 2.60. The first kappa shape index (κ1) is 12.7. The molecule has 1 rings (SSSR count). The van der Waals surface area contributed by atoms with Crippen molar-refractivity contribution in [2.45, 2.75) is 32.6 Å². The van der Waals surface area contributed by atoms with Crippen molar-refractivity contribution in [1.82, 2.24) is 10.2 Å². The van der Waals surface area contributed by atoms with Gasteiger partial charge < -0.3 is 15.0 Å². The molecule has 0 aromatic carbocycles. The van der Waals surface area contributed by atoms with E-state index in [9.17, 15) is 14.4 Å². The molecular weight excluding hydrogens is 208 g/mol. The molecule has 1 aliphatic rings. The van der Waals surface area contributed by atoms with Crippen molar-refractivity contribution < 1.29 is 14.4 Å². The van der Waals surface area contributed by atoms with Gasteiger partial charge >= 0.3 is 0 Å². The van der Waals surface area contributed by atoms with Crippen molar-refractivity contribution in [3.63, 3.8) is 0 Å². The van der Waals surface area contributed by atoms with E-state index in [0.717, 1.165) is 25.9 Å². The van der Waals surface area contributed by atoms with Crippen LogP contribution in [-0.2, 0) is 14.4 Å². The lowest BCUT2D eigenvalue weighted by Gasteiger charge is -2.15. The number of Topliss-reactive ketones (excluding diaryl/α,β-unsaturated/α-hetero) is 1. The van der Waals surface area contributed by atoms with Gasteiger partial charge in [-0.1, -0.05) is 0 Å². The fourth-order valence-corrected chi connectivity index (χ4v) is 1.63. The molecule has 1 fully saturated rings. The van der Waals surface area contributed by atoms with Gasteiger partial charge in [-0.2, -0.15) is 0 Å². The number of hydrogen-bond acceptors (Lipinski definition) is 3. The quantitative estimate of drug-likeness (QED) is 0.722. The molecular formula is C11H18N2O3. The number of rotatable bonds is 5. The molecule has 1 heterocycles. The standard InChI is InChI=1S/C11H18N2O3/c1-9(14)4-5-10(15)12-8-11(16)13-6-2-3-7-13/h2-8H2,1H3,(H,12,15). The Labute approximate surface area is 95.2 Å². The van der Waals surface area contributed by atoms with Gasteiger partial charge in [0.05, 0.1) is 6.54 Å². The number of ketones is 1. The summed E-state index contributed by atoms with van der Waals surface area (Å²) in [5.41, 5.74) is 0. The van der Waals surface area contributed by atoms with Crippen LogP contribution in [0.25, 0.3) is 0 Å². The SMILES string of the molecule is CC(=O)CCC(=O)NCC(=O)N1CCCC1. The number of nitrogens with zero attached hydrogens (tertiary/aromatic N) is 1. The van der Waals surface area contributed by atoms with Gasteiger partial charge in [-0.25, -0.2) is 0 Å². The summed E-state index contributed by atoms with van der Waals surface area (Å²) in [4.78, 5) is 35.2. The van der Waals surface area contributed by atoms with Crippen molar-refractivity contribution >= 4 is 17.6 Å². The molecule has 1 N–H and O–H groups in total. The van der Waals surface area contributed by atoms with Gasteiger partial charge in [0.1, 0.15) is 5.78 Å². The van der Waals surface area contributed by atoms with Crippen LogP contribution in [0.4, 0.5) is 0 Å². The second-order valence-corrected chi connectivity index (χ2v) is 4.07. The van der Waals surface area contributed by atoms with E-state index >= 15 is 0 Å². The van der Waals surface area contributed by atoms with Crippen molar-refractivity contribution in [2.75, 3.05) is 19.6 Å². The zero-order valence-electron chi connectivity index (χ0n) is 9.62. The number of hydrogen-bond donors (Lipinski definition) is 1. The number of carbonyl (C=O) groups is 3. The largest absolute Gasteiger partial charge is 0.347 e. The number of amides is 2. The van der Waals surface area contributed by atoms with Gasteiger partial charge in [-0.3, -0.25) is 9.59 Å². The fraction of sp³-hybridized carbons (Fsp3) is 0.727. The summed E-state index contributed by atoms with van der Waals surface area (Å²) >= 11 is 0. The van der Waals surface area contributed by atoms with E-state index in [1.165, 1.54) is 6.92 Å². The molecule has 0 aromatic rings. The summed E-state index contributed by atoms with van der Waals surface area (Å²) in [5.74, 6) is -0.280. The van der Waals surface area contributed by atoms with Crippen LogP contribution in [0.15, 0.2) is 0 Å². The summed E-state index contributed by atoms with van der Waals surface area (Å²) in [7, 11) is 0. The number of carbonyl (C=O) groups excluding carboxylic acids is 3. The Morgan fingerprint density at radius 3 is 2.31 bits per heavy atom. The maximum atomic E-state index is 11.5. The Morgan fingerprint density at radius 2 is 1.75 bits per heavy atom. The monoisotopic (exact) mass is 226 g/mol. The smallest absolute Gasteiger partial charge is 0.241 e. The second kappa shape index (κ2) is 6.25. The Bertz CT molecular complexity index is 283. The third kappa shape index (κ3) is 4.42. The van der Waals surface area contributed by atoms with Crippen LogP contribution in [0.3, 0.4) is 0 Å². The average Bonchev–Trinajstić information content (AvgIpc) is 2.76. The molecule has 0 atom stereocenters. The molecule has 0 saturated carbocycles. The molecule has 5 heteroatoms. The van der Waals surface area contributed by atoms with E-state index < -0.39 is 0 Å². The summed E-state index contributed by atoms with van der Waals surface area (Å²) in [6, 6.07) is 0. The first-order valence-corrected chi connectivity index (χ1v) is 5.63. The second-order valence-electron chi connectivity index (χ2n) is 4.07.